The summed E-state index contributed by atoms with van der Waals surface area (Å²) >= 11 is 6.00. The number of nitrogens with one attached hydrogen (secondary N) is 2. The van der Waals surface area contributed by atoms with Crippen LogP contribution in [0.3, 0.4) is 0 Å². The average Bonchev–Trinajstić information content (AvgIpc) is 3.06. The van der Waals surface area contributed by atoms with Crippen molar-refractivity contribution < 1.29 is 14.3 Å². The van der Waals surface area contributed by atoms with Crippen molar-refractivity contribution in [2.45, 2.75) is 56.8 Å². The van der Waals surface area contributed by atoms with Crippen molar-refractivity contribution in [3.8, 4) is 0 Å². The number of rotatable bonds is 2. The molecule has 2 aliphatic rings. The third-order valence-electron chi connectivity index (χ3n) is 4.94. The SMILES string of the molecule is CC1(C)O[C@H]2C[C@@H](NC(=O)c3cc4cc(Cl)ccc4[nH]3)[C@@H](N)C[C@H]2O1. The monoisotopic (exact) mass is 363 g/mol. The van der Waals surface area contributed by atoms with Crippen molar-refractivity contribution in [1.82, 2.24) is 10.3 Å². The Morgan fingerprint density at radius 3 is 2.76 bits per heavy atom. The van der Waals surface area contributed by atoms with E-state index in [-0.39, 0.29) is 30.2 Å². The summed E-state index contributed by atoms with van der Waals surface area (Å²) in [4.78, 5) is 15.7. The molecule has 0 radical (unpaired) electrons. The van der Waals surface area contributed by atoms with Gasteiger partial charge in [0.05, 0.1) is 12.2 Å². The minimum Gasteiger partial charge on any atom is -0.351 e. The van der Waals surface area contributed by atoms with Crippen molar-refractivity contribution in [2.75, 3.05) is 0 Å². The van der Waals surface area contributed by atoms with E-state index >= 15 is 0 Å². The van der Waals surface area contributed by atoms with Crippen LogP contribution in [0.4, 0.5) is 0 Å². The molecule has 1 saturated carbocycles. The zero-order valence-corrected chi connectivity index (χ0v) is 15.0. The van der Waals surface area contributed by atoms with Crippen molar-refractivity contribution in [3.63, 3.8) is 0 Å². The zero-order chi connectivity index (χ0) is 17.8. The van der Waals surface area contributed by atoms with Gasteiger partial charge >= 0.3 is 0 Å². The van der Waals surface area contributed by atoms with Gasteiger partial charge in [-0.2, -0.15) is 0 Å². The van der Waals surface area contributed by atoms with E-state index in [0.717, 1.165) is 10.9 Å². The summed E-state index contributed by atoms with van der Waals surface area (Å²) < 4.78 is 11.8. The maximum Gasteiger partial charge on any atom is 0.268 e. The molecule has 1 aromatic heterocycles. The van der Waals surface area contributed by atoms with Gasteiger partial charge in [-0.1, -0.05) is 11.6 Å². The number of carbonyl (C=O) groups is 1. The van der Waals surface area contributed by atoms with Gasteiger partial charge < -0.3 is 25.5 Å². The summed E-state index contributed by atoms with van der Waals surface area (Å²) in [7, 11) is 0. The number of hydrogen-bond acceptors (Lipinski definition) is 4. The highest BCUT2D eigenvalue weighted by Gasteiger charge is 2.47. The van der Waals surface area contributed by atoms with Gasteiger partial charge in [0.25, 0.3) is 5.91 Å². The largest absolute Gasteiger partial charge is 0.351 e. The van der Waals surface area contributed by atoms with E-state index in [1.165, 1.54) is 0 Å². The number of benzene rings is 1. The summed E-state index contributed by atoms with van der Waals surface area (Å²) in [6, 6.07) is 6.96. The van der Waals surface area contributed by atoms with E-state index in [1.807, 2.05) is 26.0 Å². The van der Waals surface area contributed by atoms with Crippen LogP contribution in [0.1, 0.15) is 37.2 Å². The van der Waals surface area contributed by atoms with Crippen LogP contribution >= 0.6 is 11.6 Å². The Morgan fingerprint density at radius 2 is 2.00 bits per heavy atom. The second-order valence-corrected chi connectivity index (χ2v) is 7.78. The Morgan fingerprint density at radius 1 is 1.28 bits per heavy atom. The number of aromatic amines is 1. The highest BCUT2D eigenvalue weighted by Crippen LogP contribution is 2.36. The Labute approximate surface area is 151 Å². The normalized spacial score (nSPS) is 31.0. The van der Waals surface area contributed by atoms with Crippen molar-refractivity contribution in [1.29, 1.82) is 0 Å². The fourth-order valence-electron chi connectivity index (χ4n) is 3.80. The van der Waals surface area contributed by atoms with E-state index in [4.69, 9.17) is 26.8 Å². The standard InChI is InChI=1S/C18H22ClN3O3/c1-18(2)24-15-7-11(20)13(8-16(15)25-18)22-17(23)14-6-9-5-10(19)3-4-12(9)21-14/h3-6,11,13,15-16,21H,7-8,20H2,1-2H3,(H,22,23)/t11-,13+,15+,16-/m0/s1. The molecular weight excluding hydrogens is 342 g/mol. The molecule has 1 aromatic carbocycles. The van der Waals surface area contributed by atoms with Gasteiger partial charge in [-0.15, -0.1) is 0 Å². The second kappa shape index (κ2) is 5.99. The minimum absolute atomic E-state index is 0.00614. The molecule has 1 amide bonds. The molecule has 0 bridgehead atoms. The Kier molecular flexibility index (Phi) is 4.03. The zero-order valence-electron chi connectivity index (χ0n) is 14.2. The molecule has 4 atom stereocenters. The molecule has 0 unspecified atom stereocenters. The highest BCUT2D eigenvalue weighted by molar-refractivity contribution is 6.31. The third kappa shape index (κ3) is 3.27. The molecule has 2 heterocycles. The van der Waals surface area contributed by atoms with Crippen LogP contribution in [-0.4, -0.2) is 41.0 Å². The number of nitrogens with two attached hydrogens (primary N) is 1. The quantitative estimate of drug-likeness (QED) is 0.765. The molecular formula is C18H22ClN3O3. The topological polar surface area (TPSA) is 89.4 Å². The third-order valence-corrected chi connectivity index (χ3v) is 5.17. The van der Waals surface area contributed by atoms with E-state index < -0.39 is 5.79 Å². The minimum atomic E-state index is -0.593. The molecule has 4 N–H and O–H groups in total. The molecule has 1 aliphatic heterocycles. The maximum absolute atomic E-state index is 12.6. The number of hydrogen-bond donors (Lipinski definition) is 3. The predicted octanol–water partition coefficient (Wildman–Crippen LogP) is 2.56. The average molecular weight is 364 g/mol. The van der Waals surface area contributed by atoms with Gasteiger partial charge in [0.1, 0.15) is 5.69 Å². The Hall–Kier alpha value is -1.60. The number of fused-ring (bicyclic) bond motifs is 2. The molecule has 4 rings (SSSR count). The summed E-state index contributed by atoms with van der Waals surface area (Å²) in [5, 5.41) is 4.58. The van der Waals surface area contributed by atoms with Crippen LogP contribution in [0, 0.1) is 0 Å². The number of H-pyrrole nitrogens is 1. The predicted molar refractivity (Wildman–Crippen MR) is 95.6 cm³/mol. The van der Waals surface area contributed by atoms with Crippen molar-refractivity contribution >= 4 is 28.4 Å². The van der Waals surface area contributed by atoms with Gasteiger partial charge in [0.2, 0.25) is 0 Å². The van der Waals surface area contributed by atoms with Crippen molar-refractivity contribution in [2.24, 2.45) is 5.73 Å². The summed E-state index contributed by atoms with van der Waals surface area (Å²) in [6.45, 7) is 3.81. The molecule has 7 heteroatoms. The van der Waals surface area contributed by atoms with Crippen LogP contribution < -0.4 is 11.1 Å². The lowest BCUT2D eigenvalue weighted by Crippen LogP contribution is -2.55. The van der Waals surface area contributed by atoms with Crippen LogP contribution in [-0.2, 0) is 9.47 Å². The fourth-order valence-corrected chi connectivity index (χ4v) is 3.98. The van der Waals surface area contributed by atoms with E-state index in [0.29, 0.717) is 23.6 Å². The number of amides is 1. The van der Waals surface area contributed by atoms with E-state index in [9.17, 15) is 4.79 Å². The first-order chi connectivity index (χ1) is 11.8. The lowest BCUT2D eigenvalue weighted by atomic mass is 9.86. The molecule has 1 aliphatic carbocycles. The highest BCUT2D eigenvalue weighted by atomic mass is 35.5. The van der Waals surface area contributed by atoms with Crippen molar-refractivity contribution in [3.05, 3.63) is 35.0 Å². The lowest BCUT2D eigenvalue weighted by Gasteiger charge is -2.34. The van der Waals surface area contributed by atoms with Crippen LogP contribution in [0.15, 0.2) is 24.3 Å². The van der Waals surface area contributed by atoms with Crippen LogP contribution in [0.5, 0.6) is 0 Å². The molecule has 2 aromatic rings. The molecule has 0 spiro atoms. The number of ether oxygens (including phenoxy) is 2. The summed E-state index contributed by atoms with van der Waals surface area (Å²) in [5.74, 6) is -0.769. The van der Waals surface area contributed by atoms with Crippen LogP contribution in [0.25, 0.3) is 10.9 Å². The molecule has 25 heavy (non-hydrogen) atoms. The summed E-state index contributed by atoms with van der Waals surface area (Å²) in [6.07, 6.45) is 1.27. The first-order valence-electron chi connectivity index (χ1n) is 8.51. The molecule has 2 fully saturated rings. The second-order valence-electron chi connectivity index (χ2n) is 7.34. The Balaban J connectivity index is 1.48. The molecule has 6 nitrogen and oxygen atoms in total. The molecule has 1 saturated heterocycles. The van der Waals surface area contributed by atoms with Gasteiger partial charge in [-0.3, -0.25) is 4.79 Å². The first-order valence-corrected chi connectivity index (χ1v) is 8.89. The lowest BCUT2D eigenvalue weighted by molar-refractivity contribution is -0.145. The summed E-state index contributed by atoms with van der Waals surface area (Å²) in [5.41, 5.74) is 7.63. The van der Waals surface area contributed by atoms with Gasteiger partial charge in [-0.05, 0) is 51.0 Å². The number of carbonyl (C=O) groups excluding carboxylic acids is 1. The van der Waals surface area contributed by atoms with E-state index in [1.54, 1.807) is 12.1 Å². The van der Waals surface area contributed by atoms with E-state index in [2.05, 4.69) is 10.3 Å². The van der Waals surface area contributed by atoms with Crippen LogP contribution in [0.2, 0.25) is 5.02 Å². The smallest absolute Gasteiger partial charge is 0.268 e. The number of halogens is 1. The number of aromatic nitrogens is 1. The fraction of sp³-hybridized carbons (Fsp3) is 0.500. The van der Waals surface area contributed by atoms with Gasteiger partial charge in [-0.25, -0.2) is 0 Å². The molecule has 134 valence electrons. The van der Waals surface area contributed by atoms with Gasteiger partial charge in [0.15, 0.2) is 5.79 Å². The van der Waals surface area contributed by atoms with Gasteiger partial charge in [0, 0.05) is 28.0 Å². The first kappa shape index (κ1) is 16.8. The maximum atomic E-state index is 12.6. The Bertz CT molecular complexity index is 819.